The molecule has 0 spiro atoms. The maximum Gasteiger partial charge on any atom is 0.188 e. The summed E-state index contributed by atoms with van der Waals surface area (Å²) >= 11 is 0. The van der Waals surface area contributed by atoms with Crippen LogP contribution >= 0.6 is 0 Å². The Morgan fingerprint density at radius 2 is 2.20 bits per heavy atom. The van der Waals surface area contributed by atoms with Gasteiger partial charge in [-0.3, -0.25) is 4.79 Å². The van der Waals surface area contributed by atoms with E-state index >= 15 is 0 Å². The number of carbonyl (C=O) groups excluding carboxylic acids is 1. The standard InChI is InChI=1S/C12H14O3/c1-4-11(13)10-6-5-9(8-14-2)7-12(10)15-3/h4-7H,1,8H2,2-3H3. The minimum Gasteiger partial charge on any atom is -0.496 e. The highest BCUT2D eigenvalue weighted by Crippen LogP contribution is 2.21. The van der Waals surface area contributed by atoms with Crippen LogP contribution in [0.25, 0.3) is 0 Å². The van der Waals surface area contributed by atoms with Crippen LogP contribution in [0, 0.1) is 0 Å². The van der Waals surface area contributed by atoms with Gasteiger partial charge in [0.15, 0.2) is 5.78 Å². The second-order valence-electron chi connectivity index (χ2n) is 3.04. The Morgan fingerprint density at radius 3 is 2.73 bits per heavy atom. The average molecular weight is 206 g/mol. The molecule has 1 rings (SSSR count). The first-order chi connectivity index (χ1) is 7.22. The molecule has 0 aliphatic carbocycles. The molecule has 0 heterocycles. The number of ketones is 1. The summed E-state index contributed by atoms with van der Waals surface area (Å²) in [5, 5.41) is 0. The Kier molecular flexibility index (Phi) is 4.06. The highest BCUT2D eigenvalue weighted by Gasteiger charge is 2.09. The van der Waals surface area contributed by atoms with Crippen LogP contribution in [-0.2, 0) is 11.3 Å². The highest BCUT2D eigenvalue weighted by molar-refractivity contribution is 6.06. The Bertz CT molecular complexity index is 369. The summed E-state index contributed by atoms with van der Waals surface area (Å²) in [5.41, 5.74) is 1.49. The fraction of sp³-hybridized carbons (Fsp3) is 0.250. The van der Waals surface area contributed by atoms with E-state index in [9.17, 15) is 4.79 Å². The smallest absolute Gasteiger partial charge is 0.188 e. The fourth-order valence-corrected chi connectivity index (χ4v) is 1.31. The van der Waals surface area contributed by atoms with Gasteiger partial charge in [0, 0.05) is 7.11 Å². The van der Waals surface area contributed by atoms with Crippen LogP contribution in [0.5, 0.6) is 5.75 Å². The Morgan fingerprint density at radius 1 is 1.47 bits per heavy atom. The van der Waals surface area contributed by atoms with Crippen molar-refractivity contribution in [2.24, 2.45) is 0 Å². The first-order valence-corrected chi connectivity index (χ1v) is 4.55. The molecular formula is C12H14O3. The lowest BCUT2D eigenvalue weighted by Crippen LogP contribution is -2.00. The van der Waals surface area contributed by atoms with Gasteiger partial charge in [-0.2, -0.15) is 0 Å². The summed E-state index contributed by atoms with van der Waals surface area (Å²) in [6, 6.07) is 5.35. The molecule has 0 N–H and O–H groups in total. The Hall–Kier alpha value is -1.61. The van der Waals surface area contributed by atoms with Crippen molar-refractivity contribution >= 4 is 5.78 Å². The van der Waals surface area contributed by atoms with Gasteiger partial charge in [0.1, 0.15) is 5.75 Å². The van der Waals surface area contributed by atoms with Crippen molar-refractivity contribution in [3.05, 3.63) is 42.0 Å². The molecular weight excluding hydrogens is 192 g/mol. The number of hydrogen-bond donors (Lipinski definition) is 0. The van der Waals surface area contributed by atoms with E-state index in [0.717, 1.165) is 5.56 Å². The SMILES string of the molecule is C=CC(=O)c1ccc(COC)cc1OC. The molecule has 1 aromatic rings. The van der Waals surface area contributed by atoms with Gasteiger partial charge in [0.2, 0.25) is 0 Å². The number of rotatable bonds is 5. The second kappa shape index (κ2) is 5.32. The topological polar surface area (TPSA) is 35.5 Å². The normalized spacial score (nSPS) is 9.73. The molecule has 0 fully saturated rings. The zero-order valence-electron chi connectivity index (χ0n) is 8.95. The van der Waals surface area contributed by atoms with E-state index in [2.05, 4.69) is 6.58 Å². The van der Waals surface area contributed by atoms with Gasteiger partial charge in [-0.1, -0.05) is 12.6 Å². The lowest BCUT2D eigenvalue weighted by molar-refractivity contribution is 0.104. The van der Waals surface area contributed by atoms with Crippen molar-refractivity contribution < 1.29 is 14.3 Å². The van der Waals surface area contributed by atoms with Gasteiger partial charge in [0.25, 0.3) is 0 Å². The lowest BCUT2D eigenvalue weighted by atomic mass is 10.1. The van der Waals surface area contributed by atoms with Gasteiger partial charge in [0.05, 0.1) is 19.3 Å². The molecule has 0 aliphatic heterocycles. The first-order valence-electron chi connectivity index (χ1n) is 4.55. The largest absolute Gasteiger partial charge is 0.496 e. The third kappa shape index (κ3) is 2.67. The molecule has 0 amide bonds. The Balaban J connectivity index is 3.08. The number of methoxy groups -OCH3 is 2. The van der Waals surface area contributed by atoms with Crippen LogP contribution in [0.15, 0.2) is 30.9 Å². The molecule has 0 saturated heterocycles. The summed E-state index contributed by atoms with van der Waals surface area (Å²) in [7, 11) is 3.15. The third-order valence-electron chi connectivity index (χ3n) is 2.03. The fourth-order valence-electron chi connectivity index (χ4n) is 1.31. The van der Waals surface area contributed by atoms with Gasteiger partial charge >= 0.3 is 0 Å². The van der Waals surface area contributed by atoms with E-state index in [1.807, 2.05) is 6.07 Å². The van der Waals surface area contributed by atoms with Crippen LogP contribution in [0.1, 0.15) is 15.9 Å². The van der Waals surface area contributed by atoms with Gasteiger partial charge in [-0.15, -0.1) is 0 Å². The van der Waals surface area contributed by atoms with E-state index in [-0.39, 0.29) is 5.78 Å². The molecule has 3 nitrogen and oxygen atoms in total. The van der Waals surface area contributed by atoms with Crippen molar-refractivity contribution in [1.29, 1.82) is 0 Å². The van der Waals surface area contributed by atoms with Crippen LogP contribution in [0.2, 0.25) is 0 Å². The highest BCUT2D eigenvalue weighted by atomic mass is 16.5. The maximum atomic E-state index is 11.4. The summed E-state index contributed by atoms with van der Waals surface area (Å²) in [4.78, 5) is 11.4. The molecule has 0 bridgehead atoms. The van der Waals surface area contributed by atoms with Crippen molar-refractivity contribution in [3.63, 3.8) is 0 Å². The van der Waals surface area contributed by atoms with Crippen molar-refractivity contribution in [2.45, 2.75) is 6.61 Å². The quantitative estimate of drug-likeness (QED) is 0.547. The number of allylic oxidation sites excluding steroid dienone is 1. The summed E-state index contributed by atoms with van der Waals surface area (Å²) in [6.45, 7) is 3.94. The molecule has 0 aliphatic rings. The summed E-state index contributed by atoms with van der Waals surface area (Å²) < 4.78 is 10.1. The minimum atomic E-state index is -0.143. The number of hydrogen-bond acceptors (Lipinski definition) is 3. The van der Waals surface area contributed by atoms with Gasteiger partial charge < -0.3 is 9.47 Å². The summed E-state index contributed by atoms with van der Waals surface area (Å²) in [5.74, 6) is 0.408. The van der Waals surface area contributed by atoms with Crippen LogP contribution in [0.4, 0.5) is 0 Å². The van der Waals surface area contributed by atoms with E-state index in [1.54, 1.807) is 19.2 Å². The lowest BCUT2D eigenvalue weighted by Gasteiger charge is -2.08. The molecule has 3 heteroatoms. The molecule has 0 saturated carbocycles. The van der Waals surface area contributed by atoms with E-state index in [0.29, 0.717) is 17.9 Å². The number of carbonyl (C=O) groups is 1. The monoisotopic (exact) mass is 206 g/mol. The third-order valence-corrected chi connectivity index (χ3v) is 2.03. The van der Waals surface area contributed by atoms with E-state index < -0.39 is 0 Å². The van der Waals surface area contributed by atoms with Crippen molar-refractivity contribution in [2.75, 3.05) is 14.2 Å². The molecule has 80 valence electrons. The summed E-state index contributed by atoms with van der Waals surface area (Å²) in [6.07, 6.45) is 1.27. The van der Waals surface area contributed by atoms with E-state index in [1.165, 1.54) is 13.2 Å². The van der Waals surface area contributed by atoms with Crippen molar-refractivity contribution in [3.8, 4) is 5.75 Å². The molecule has 0 atom stereocenters. The maximum absolute atomic E-state index is 11.4. The first kappa shape index (κ1) is 11.5. The molecule has 0 unspecified atom stereocenters. The van der Waals surface area contributed by atoms with Crippen LogP contribution in [0.3, 0.4) is 0 Å². The van der Waals surface area contributed by atoms with Crippen LogP contribution in [-0.4, -0.2) is 20.0 Å². The average Bonchev–Trinajstić information content (AvgIpc) is 2.28. The molecule has 15 heavy (non-hydrogen) atoms. The zero-order valence-corrected chi connectivity index (χ0v) is 8.95. The molecule has 1 aromatic carbocycles. The number of benzene rings is 1. The zero-order chi connectivity index (χ0) is 11.3. The molecule has 0 aromatic heterocycles. The van der Waals surface area contributed by atoms with E-state index in [4.69, 9.17) is 9.47 Å². The Labute approximate surface area is 89.3 Å². The predicted octanol–water partition coefficient (Wildman–Crippen LogP) is 2.21. The van der Waals surface area contributed by atoms with Gasteiger partial charge in [-0.25, -0.2) is 0 Å². The van der Waals surface area contributed by atoms with Gasteiger partial charge in [-0.05, 0) is 23.8 Å². The molecule has 0 radical (unpaired) electrons. The number of ether oxygens (including phenoxy) is 2. The van der Waals surface area contributed by atoms with Crippen molar-refractivity contribution in [1.82, 2.24) is 0 Å². The predicted molar refractivity (Wildman–Crippen MR) is 58.2 cm³/mol. The minimum absolute atomic E-state index is 0.143. The van der Waals surface area contributed by atoms with Crippen LogP contribution < -0.4 is 4.74 Å². The second-order valence-corrected chi connectivity index (χ2v) is 3.04.